The van der Waals surface area contributed by atoms with Gasteiger partial charge in [-0.1, -0.05) is 12.1 Å². The quantitative estimate of drug-likeness (QED) is 0.797. The number of rotatable bonds is 7. The zero-order chi connectivity index (χ0) is 17.6. The normalized spacial score (nSPS) is 20.0. The summed E-state index contributed by atoms with van der Waals surface area (Å²) in [5.74, 6) is 1.38. The zero-order valence-electron chi connectivity index (χ0n) is 14.4. The average molecular weight is 345 g/mol. The van der Waals surface area contributed by atoms with Crippen LogP contribution >= 0.6 is 0 Å². The Morgan fingerprint density at radius 2 is 2.24 bits per heavy atom. The van der Waals surface area contributed by atoms with Gasteiger partial charge in [-0.05, 0) is 30.5 Å². The van der Waals surface area contributed by atoms with Crippen molar-refractivity contribution >= 4 is 11.6 Å². The lowest BCUT2D eigenvalue weighted by atomic mass is 10.1. The van der Waals surface area contributed by atoms with Crippen molar-refractivity contribution in [1.82, 2.24) is 9.97 Å². The van der Waals surface area contributed by atoms with Crippen molar-refractivity contribution in [2.45, 2.75) is 25.0 Å². The van der Waals surface area contributed by atoms with Crippen LogP contribution in [0, 0.1) is 5.82 Å². The van der Waals surface area contributed by atoms with Crippen LogP contribution in [0.2, 0.25) is 0 Å². The minimum Gasteiger partial charge on any atom is -0.380 e. The Balaban J connectivity index is 1.61. The fraction of sp³-hybridized carbons (Fsp3) is 0.444. The molecule has 1 aliphatic rings. The highest BCUT2D eigenvalue weighted by atomic mass is 19.1. The third-order valence-electron chi connectivity index (χ3n) is 4.54. The summed E-state index contributed by atoms with van der Waals surface area (Å²) < 4.78 is 18.7. The molecule has 3 rings (SSSR count). The number of nitrogens with zero attached hydrogens (tertiary/aromatic N) is 3. The molecule has 1 aliphatic heterocycles. The van der Waals surface area contributed by atoms with Crippen LogP contribution in [0.15, 0.2) is 36.7 Å². The molecule has 1 aromatic heterocycles. The van der Waals surface area contributed by atoms with E-state index >= 15 is 0 Å². The van der Waals surface area contributed by atoms with E-state index in [2.05, 4.69) is 20.2 Å². The summed E-state index contributed by atoms with van der Waals surface area (Å²) in [5.41, 5.74) is 6.84. The van der Waals surface area contributed by atoms with Gasteiger partial charge in [0.15, 0.2) is 0 Å². The fourth-order valence-electron chi connectivity index (χ4n) is 3.18. The second kappa shape index (κ2) is 8.22. The first-order valence-corrected chi connectivity index (χ1v) is 8.49. The lowest BCUT2D eigenvalue weighted by Crippen LogP contribution is -2.36. The molecule has 7 heteroatoms. The van der Waals surface area contributed by atoms with Crippen LogP contribution in [-0.2, 0) is 11.2 Å². The van der Waals surface area contributed by atoms with Gasteiger partial charge in [0, 0.05) is 38.9 Å². The fourth-order valence-corrected chi connectivity index (χ4v) is 3.18. The number of nitrogens with two attached hydrogens (primary N) is 1. The van der Waals surface area contributed by atoms with Crippen LogP contribution in [0.5, 0.6) is 0 Å². The third kappa shape index (κ3) is 4.43. The van der Waals surface area contributed by atoms with Gasteiger partial charge in [0.2, 0.25) is 0 Å². The maximum atomic E-state index is 13.2. The standard InChI is InChI=1S/C18H24FN5O/c1-25-16-8-15(10-20)24(11-16)18-9-17(22-12-23-18)21-6-5-13-3-2-4-14(19)7-13/h2-4,7,9,12,15-16H,5-6,8,10-11,20H2,1H3,(H,21,22,23)/t15-,16-/m0/s1. The molecular formula is C18H24FN5O. The molecule has 2 atom stereocenters. The molecule has 2 heterocycles. The lowest BCUT2D eigenvalue weighted by molar-refractivity contribution is 0.118. The van der Waals surface area contributed by atoms with Crippen molar-refractivity contribution < 1.29 is 9.13 Å². The molecule has 1 saturated heterocycles. The van der Waals surface area contributed by atoms with Gasteiger partial charge in [-0.3, -0.25) is 0 Å². The Hall–Kier alpha value is -2.25. The van der Waals surface area contributed by atoms with E-state index in [4.69, 9.17) is 10.5 Å². The maximum Gasteiger partial charge on any atom is 0.134 e. The second-order valence-electron chi connectivity index (χ2n) is 6.20. The van der Waals surface area contributed by atoms with Crippen molar-refractivity contribution in [1.29, 1.82) is 0 Å². The van der Waals surface area contributed by atoms with Crippen LogP contribution < -0.4 is 16.0 Å². The van der Waals surface area contributed by atoms with Crippen LogP contribution in [-0.4, -0.2) is 48.9 Å². The van der Waals surface area contributed by atoms with Crippen molar-refractivity contribution in [3.8, 4) is 0 Å². The molecular weight excluding hydrogens is 321 g/mol. The molecule has 0 amide bonds. The molecule has 1 fully saturated rings. The number of benzene rings is 1. The van der Waals surface area contributed by atoms with Crippen molar-refractivity contribution in [3.63, 3.8) is 0 Å². The molecule has 0 unspecified atom stereocenters. The highest BCUT2D eigenvalue weighted by molar-refractivity contribution is 5.50. The average Bonchev–Trinajstić information content (AvgIpc) is 3.06. The molecule has 1 aromatic carbocycles. The first-order chi connectivity index (χ1) is 12.2. The number of anilines is 2. The van der Waals surface area contributed by atoms with Gasteiger partial charge in [0.25, 0.3) is 0 Å². The number of hydrogen-bond acceptors (Lipinski definition) is 6. The van der Waals surface area contributed by atoms with Gasteiger partial charge in [-0.15, -0.1) is 0 Å². The molecule has 0 bridgehead atoms. The number of halogens is 1. The summed E-state index contributed by atoms with van der Waals surface area (Å²) in [4.78, 5) is 10.8. The highest BCUT2D eigenvalue weighted by Gasteiger charge is 2.32. The van der Waals surface area contributed by atoms with Crippen LogP contribution in [0.25, 0.3) is 0 Å². The number of hydrogen-bond donors (Lipinski definition) is 2. The van der Waals surface area contributed by atoms with E-state index in [0.29, 0.717) is 13.1 Å². The summed E-state index contributed by atoms with van der Waals surface area (Å²) in [6, 6.07) is 8.78. The molecule has 25 heavy (non-hydrogen) atoms. The first kappa shape index (κ1) is 17.6. The van der Waals surface area contributed by atoms with Crippen molar-refractivity contribution in [2.75, 3.05) is 37.0 Å². The Kier molecular flexibility index (Phi) is 5.78. The number of aromatic nitrogens is 2. The Labute approximate surface area is 147 Å². The van der Waals surface area contributed by atoms with Gasteiger partial charge >= 0.3 is 0 Å². The molecule has 0 aliphatic carbocycles. The SMILES string of the molecule is CO[C@H]1C[C@@H](CN)N(c2cc(NCCc3cccc(F)c3)ncn2)C1. The molecule has 0 radical (unpaired) electrons. The Morgan fingerprint density at radius 3 is 3.00 bits per heavy atom. The maximum absolute atomic E-state index is 13.2. The van der Waals surface area contributed by atoms with E-state index in [-0.39, 0.29) is 18.0 Å². The number of ether oxygens (including phenoxy) is 1. The molecule has 134 valence electrons. The second-order valence-corrected chi connectivity index (χ2v) is 6.20. The van der Waals surface area contributed by atoms with Gasteiger partial charge in [-0.2, -0.15) is 0 Å². The van der Waals surface area contributed by atoms with Gasteiger partial charge in [0.05, 0.1) is 6.10 Å². The van der Waals surface area contributed by atoms with Crippen molar-refractivity contribution in [3.05, 3.63) is 48.0 Å². The van der Waals surface area contributed by atoms with E-state index in [0.717, 1.165) is 36.6 Å². The van der Waals surface area contributed by atoms with Crippen LogP contribution in [0.3, 0.4) is 0 Å². The zero-order valence-corrected chi connectivity index (χ0v) is 14.4. The van der Waals surface area contributed by atoms with Crippen LogP contribution in [0.1, 0.15) is 12.0 Å². The third-order valence-corrected chi connectivity index (χ3v) is 4.54. The number of nitrogens with one attached hydrogen (secondary N) is 1. The van der Waals surface area contributed by atoms with Gasteiger partial charge in [0.1, 0.15) is 23.8 Å². The van der Waals surface area contributed by atoms with Gasteiger partial charge in [-0.25, -0.2) is 14.4 Å². The molecule has 3 N–H and O–H groups in total. The lowest BCUT2D eigenvalue weighted by Gasteiger charge is -2.24. The Bertz CT molecular complexity index is 699. The monoisotopic (exact) mass is 345 g/mol. The minimum atomic E-state index is -0.212. The topological polar surface area (TPSA) is 76.3 Å². The smallest absolute Gasteiger partial charge is 0.134 e. The minimum absolute atomic E-state index is 0.174. The summed E-state index contributed by atoms with van der Waals surface area (Å²) in [6.07, 6.45) is 3.35. The van der Waals surface area contributed by atoms with E-state index in [1.54, 1.807) is 25.6 Å². The van der Waals surface area contributed by atoms with E-state index in [1.165, 1.54) is 6.07 Å². The summed E-state index contributed by atoms with van der Waals surface area (Å²) in [5, 5.41) is 3.27. The molecule has 6 nitrogen and oxygen atoms in total. The summed E-state index contributed by atoms with van der Waals surface area (Å²) in [6.45, 7) is 2.01. The summed E-state index contributed by atoms with van der Waals surface area (Å²) >= 11 is 0. The highest BCUT2D eigenvalue weighted by Crippen LogP contribution is 2.26. The largest absolute Gasteiger partial charge is 0.380 e. The molecule has 2 aromatic rings. The molecule has 0 saturated carbocycles. The van der Waals surface area contributed by atoms with E-state index in [1.807, 2.05) is 12.1 Å². The predicted octanol–water partition coefficient (Wildman–Crippen LogP) is 1.82. The van der Waals surface area contributed by atoms with E-state index < -0.39 is 0 Å². The first-order valence-electron chi connectivity index (χ1n) is 8.49. The van der Waals surface area contributed by atoms with Crippen LogP contribution in [0.4, 0.5) is 16.0 Å². The van der Waals surface area contributed by atoms with Crippen molar-refractivity contribution in [2.24, 2.45) is 5.73 Å². The van der Waals surface area contributed by atoms with Gasteiger partial charge < -0.3 is 20.7 Å². The Morgan fingerprint density at radius 1 is 1.36 bits per heavy atom. The predicted molar refractivity (Wildman–Crippen MR) is 96.2 cm³/mol. The molecule has 0 spiro atoms. The number of methoxy groups -OCH3 is 1. The summed E-state index contributed by atoms with van der Waals surface area (Å²) in [7, 11) is 1.72. The van der Waals surface area contributed by atoms with E-state index in [9.17, 15) is 4.39 Å².